The molecule has 3 aromatic rings. The molecule has 0 spiro atoms. The second kappa shape index (κ2) is 6.06. The van der Waals surface area contributed by atoms with Gasteiger partial charge < -0.3 is 5.32 Å². The molecule has 0 saturated carbocycles. The maximum Gasteiger partial charge on any atom is 0.127 e. The fourth-order valence-electron chi connectivity index (χ4n) is 2.52. The van der Waals surface area contributed by atoms with E-state index < -0.39 is 0 Å². The van der Waals surface area contributed by atoms with Crippen molar-refractivity contribution in [2.75, 3.05) is 6.54 Å². The normalized spacial score (nSPS) is 11.0. The first-order valence-electron chi connectivity index (χ1n) is 7.26. The molecule has 0 aromatic heterocycles. The van der Waals surface area contributed by atoms with E-state index in [0.717, 1.165) is 17.7 Å². The SMILES string of the molecule is CCNCc1cc(-c2ccc3ccccc3c2)ccc1F. The van der Waals surface area contributed by atoms with Gasteiger partial charge >= 0.3 is 0 Å². The zero-order valence-electron chi connectivity index (χ0n) is 12.1. The predicted molar refractivity (Wildman–Crippen MR) is 86.7 cm³/mol. The summed E-state index contributed by atoms with van der Waals surface area (Å²) in [5.41, 5.74) is 2.88. The zero-order valence-corrected chi connectivity index (χ0v) is 12.1. The van der Waals surface area contributed by atoms with E-state index in [4.69, 9.17) is 0 Å². The number of benzene rings is 3. The molecule has 0 bridgehead atoms. The van der Waals surface area contributed by atoms with Crippen molar-refractivity contribution in [1.29, 1.82) is 0 Å². The van der Waals surface area contributed by atoms with Crippen molar-refractivity contribution in [2.45, 2.75) is 13.5 Å². The van der Waals surface area contributed by atoms with Crippen molar-refractivity contribution >= 4 is 10.8 Å². The number of nitrogens with one attached hydrogen (secondary N) is 1. The Bertz CT molecular complexity index is 764. The molecule has 21 heavy (non-hydrogen) atoms. The highest BCUT2D eigenvalue weighted by atomic mass is 19.1. The maximum atomic E-state index is 13.8. The summed E-state index contributed by atoms with van der Waals surface area (Å²) in [7, 11) is 0. The van der Waals surface area contributed by atoms with Gasteiger partial charge in [-0.1, -0.05) is 49.4 Å². The Labute approximate surface area is 124 Å². The number of hydrogen-bond acceptors (Lipinski definition) is 1. The Morgan fingerprint density at radius 1 is 0.857 bits per heavy atom. The van der Waals surface area contributed by atoms with Gasteiger partial charge in [-0.2, -0.15) is 0 Å². The Morgan fingerprint density at radius 3 is 2.38 bits per heavy atom. The molecule has 0 aliphatic heterocycles. The van der Waals surface area contributed by atoms with E-state index in [1.54, 1.807) is 6.07 Å². The topological polar surface area (TPSA) is 12.0 Å². The van der Waals surface area contributed by atoms with Crippen LogP contribution in [0.25, 0.3) is 21.9 Å². The van der Waals surface area contributed by atoms with E-state index in [-0.39, 0.29) is 5.82 Å². The van der Waals surface area contributed by atoms with Gasteiger partial charge in [0, 0.05) is 12.1 Å². The standard InChI is InChI=1S/C19H18FN/c1-2-21-13-18-12-17(9-10-19(18)20)16-8-7-14-5-3-4-6-15(14)11-16/h3-12,21H,2,13H2,1H3. The van der Waals surface area contributed by atoms with Gasteiger partial charge in [-0.3, -0.25) is 0 Å². The van der Waals surface area contributed by atoms with Gasteiger partial charge in [-0.15, -0.1) is 0 Å². The first kappa shape index (κ1) is 13.8. The van der Waals surface area contributed by atoms with Gasteiger partial charge in [0.2, 0.25) is 0 Å². The van der Waals surface area contributed by atoms with E-state index in [2.05, 4.69) is 35.6 Å². The Morgan fingerprint density at radius 2 is 1.57 bits per heavy atom. The van der Waals surface area contributed by atoms with Crippen molar-refractivity contribution in [3.05, 3.63) is 72.0 Å². The van der Waals surface area contributed by atoms with Gasteiger partial charge in [0.15, 0.2) is 0 Å². The molecule has 2 heteroatoms. The van der Waals surface area contributed by atoms with Crippen molar-refractivity contribution in [3.8, 4) is 11.1 Å². The molecule has 1 nitrogen and oxygen atoms in total. The quantitative estimate of drug-likeness (QED) is 0.726. The molecule has 0 unspecified atom stereocenters. The van der Waals surface area contributed by atoms with Crippen LogP contribution in [0.4, 0.5) is 4.39 Å². The van der Waals surface area contributed by atoms with Crippen LogP contribution in [0.2, 0.25) is 0 Å². The molecular weight excluding hydrogens is 261 g/mol. The van der Waals surface area contributed by atoms with Gasteiger partial charge in [0.05, 0.1) is 0 Å². The van der Waals surface area contributed by atoms with E-state index in [1.165, 1.54) is 10.8 Å². The number of rotatable bonds is 4. The monoisotopic (exact) mass is 279 g/mol. The molecule has 0 aliphatic rings. The molecule has 106 valence electrons. The van der Waals surface area contributed by atoms with Gasteiger partial charge in [-0.05, 0) is 46.6 Å². The van der Waals surface area contributed by atoms with Crippen LogP contribution in [-0.4, -0.2) is 6.54 Å². The van der Waals surface area contributed by atoms with Crippen molar-refractivity contribution < 1.29 is 4.39 Å². The summed E-state index contributed by atoms with van der Waals surface area (Å²) in [6, 6.07) is 19.9. The van der Waals surface area contributed by atoms with Crippen LogP contribution in [0.1, 0.15) is 12.5 Å². The second-order valence-corrected chi connectivity index (χ2v) is 5.15. The fourth-order valence-corrected chi connectivity index (χ4v) is 2.52. The summed E-state index contributed by atoms with van der Waals surface area (Å²) in [5, 5.41) is 5.59. The lowest BCUT2D eigenvalue weighted by Crippen LogP contribution is -2.12. The third kappa shape index (κ3) is 2.96. The molecule has 3 aromatic carbocycles. The minimum absolute atomic E-state index is 0.152. The first-order chi connectivity index (χ1) is 10.3. The molecule has 0 radical (unpaired) electrons. The number of fused-ring (bicyclic) bond motifs is 1. The van der Waals surface area contributed by atoms with Crippen LogP contribution < -0.4 is 5.32 Å². The van der Waals surface area contributed by atoms with Crippen LogP contribution >= 0.6 is 0 Å². The Balaban J connectivity index is 2.01. The van der Waals surface area contributed by atoms with Crippen molar-refractivity contribution in [2.24, 2.45) is 0 Å². The van der Waals surface area contributed by atoms with Crippen LogP contribution in [0, 0.1) is 5.82 Å². The van der Waals surface area contributed by atoms with Crippen LogP contribution in [0.3, 0.4) is 0 Å². The maximum absolute atomic E-state index is 13.8. The number of hydrogen-bond donors (Lipinski definition) is 1. The lowest BCUT2D eigenvalue weighted by molar-refractivity contribution is 0.593. The van der Waals surface area contributed by atoms with E-state index in [1.807, 2.05) is 31.2 Å². The average molecular weight is 279 g/mol. The molecule has 0 aliphatic carbocycles. The Hall–Kier alpha value is -2.19. The third-order valence-corrected chi connectivity index (χ3v) is 3.69. The van der Waals surface area contributed by atoms with Crippen LogP contribution in [0.5, 0.6) is 0 Å². The van der Waals surface area contributed by atoms with Gasteiger partial charge in [0.1, 0.15) is 5.82 Å². The van der Waals surface area contributed by atoms with Crippen LogP contribution in [-0.2, 0) is 6.54 Å². The number of halogens is 1. The van der Waals surface area contributed by atoms with Gasteiger partial charge in [0.25, 0.3) is 0 Å². The van der Waals surface area contributed by atoms with Crippen molar-refractivity contribution in [1.82, 2.24) is 5.32 Å². The minimum Gasteiger partial charge on any atom is -0.313 e. The molecule has 0 amide bonds. The zero-order chi connectivity index (χ0) is 14.7. The summed E-state index contributed by atoms with van der Waals surface area (Å²) < 4.78 is 13.8. The largest absolute Gasteiger partial charge is 0.313 e. The van der Waals surface area contributed by atoms with Crippen molar-refractivity contribution in [3.63, 3.8) is 0 Å². The summed E-state index contributed by atoms with van der Waals surface area (Å²) in [4.78, 5) is 0. The molecule has 3 rings (SSSR count). The lowest BCUT2D eigenvalue weighted by Gasteiger charge is -2.09. The molecule has 0 saturated heterocycles. The van der Waals surface area contributed by atoms with Gasteiger partial charge in [-0.25, -0.2) is 4.39 Å². The highest BCUT2D eigenvalue weighted by Crippen LogP contribution is 2.26. The minimum atomic E-state index is -0.152. The highest BCUT2D eigenvalue weighted by Gasteiger charge is 2.05. The fraction of sp³-hybridized carbons (Fsp3) is 0.158. The third-order valence-electron chi connectivity index (χ3n) is 3.69. The summed E-state index contributed by atoms with van der Waals surface area (Å²) in [6.45, 7) is 3.41. The van der Waals surface area contributed by atoms with Crippen LogP contribution in [0.15, 0.2) is 60.7 Å². The predicted octanol–water partition coefficient (Wildman–Crippen LogP) is 4.76. The molecule has 1 N–H and O–H groups in total. The lowest BCUT2D eigenvalue weighted by atomic mass is 9.99. The first-order valence-corrected chi connectivity index (χ1v) is 7.26. The van der Waals surface area contributed by atoms with E-state index in [9.17, 15) is 4.39 Å². The highest BCUT2D eigenvalue weighted by molar-refractivity contribution is 5.87. The summed E-state index contributed by atoms with van der Waals surface area (Å²) >= 11 is 0. The summed E-state index contributed by atoms with van der Waals surface area (Å²) in [6.07, 6.45) is 0. The molecule has 0 heterocycles. The average Bonchev–Trinajstić information content (AvgIpc) is 2.53. The molecule has 0 atom stereocenters. The summed E-state index contributed by atoms with van der Waals surface area (Å²) in [5.74, 6) is -0.152. The Kier molecular flexibility index (Phi) is 3.98. The molecule has 0 fully saturated rings. The van der Waals surface area contributed by atoms with E-state index >= 15 is 0 Å². The molecular formula is C19H18FN. The van der Waals surface area contributed by atoms with E-state index in [0.29, 0.717) is 12.1 Å². The smallest absolute Gasteiger partial charge is 0.127 e. The second-order valence-electron chi connectivity index (χ2n) is 5.15.